The second kappa shape index (κ2) is 11.2. The predicted molar refractivity (Wildman–Crippen MR) is 109 cm³/mol. The van der Waals surface area contributed by atoms with Gasteiger partial charge in [-0.15, -0.1) is 0 Å². The summed E-state index contributed by atoms with van der Waals surface area (Å²) in [6.07, 6.45) is 5.28. The average Bonchev–Trinajstić information content (AvgIpc) is 2.83. The van der Waals surface area contributed by atoms with Crippen molar-refractivity contribution in [3.8, 4) is 0 Å². The minimum Gasteiger partial charge on any atom is -0.493 e. The number of carbonyl (C=O) groups is 1. The lowest BCUT2D eigenvalue weighted by Gasteiger charge is -2.26. The maximum absolute atomic E-state index is 12.1. The molecule has 0 bridgehead atoms. The van der Waals surface area contributed by atoms with E-state index < -0.39 is 11.7 Å². The fourth-order valence-corrected chi connectivity index (χ4v) is 2.93. The molecule has 0 saturated carbocycles. The van der Waals surface area contributed by atoms with Crippen LogP contribution in [0, 0.1) is 0 Å². The lowest BCUT2D eigenvalue weighted by molar-refractivity contribution is 0.0341. The molecule has 0 radical (unpaired) electrons. The van der Waals surface area contributed by atoms with E-state index in [4.69, 9.17) is 23.7 Å². The molecule has 1 aliphatic heterocycles. The van der Waals surface area contributed by atoms with Crippen LogP contribution in [0.1, 0.15) is 27.2 Å². The summed E-state index contributed by atoms with van der Waals surface area (Å²) in [7, 11) is 3.16. The average molecular weight is 411 g/mol. The third-order valence-electron chi connectivity index (χ3n) is 4.31. The molecule has 164 valence electrons. The number of methoxy groups -OCH3 is 2. The van der Waals surface area contributed by atoms with Crippen molar-refractivity contribution in [1.82, 2.24) is 10.2 Å². The highest BCUT2D eigenvalue weighted by molar-refractivity contribution is 5.71. The van der Waals surface area contributed by atoms with Gasteiger partial charge in [-0.1, -0.05) is 0 Å². The number of ether oxygens (including phenoxy) is 5. The number of alkyl carbamates (subject to hydrolysis) is 1. The monoisotopic (exact) mass is 410 g/mol. The van der Waals surface area contributed by atoms with E-state index >= 15 is 0 Å². The summed E-state index contributed by atoms with van der Waals surface area (Å²) in [5.41, 5.74) is -0.0669. The number of amides is 1. The molecule has 1 unspecified atom stereocenters. The molecule has 2 aliphatic rings. The number of carbonyl (C=O) groups excluding carboxylic acids is 1. The molecule has 1 aliphatic carbocycles. The van der Waals surface area contributed by atoms with Crippen molar-refractivity contribution in [3.05, 3.63) is 35.4 Å². The van der Waals surface area contributed by atoms with Crippen LogP contribution in [-0.2, 0) is 23.7 Å². The van der Waals surface area contributed by atoms with Crippen LogP contribution in [0.3, 0.4) is 0 Å². The molecule has 8 heteroatoms. The van der Waals surface area contributed by atoms with Gasteiger partial charge in [-0.3, -0.25) is 10.2 Å². The number of rotatable bonds is 8. The molecule has 0 aromatic carbocycles. The molecular weight excluding hydrogens is 376 g/mol. The van der Waals surface area contributed by atoms with E-state index in [2.05, 4.69) is 10.2 Å². The van der Waals surface area contributed by atoms with Crippen LogP contribution in [0.15, 0.2) is 35.4 Å². The van der Waals surface area contributed by atoms with Crippen molar-refractivity contribution in [2.75, 3.05) is 53.7 Å². The quantitative estimate of drug-likeness (QED) is 0.616. The first-order valence-corrected chi connectivity index (χ1v) is 9.96. The molecule has 0 aromatic heterocycles. The third kappa shape index (κ3) is 8.47. The number of hydrogen-bond donors (Lipinski definition) is 1. The Morgan fingerprint density at radius 1 is 1.21 bits per heavy atom. The highest BCUT2D eigenvalue weighted by atomic mass is 16.6. The highest BCUT2D eigenvalue weighted by Gasteiger charge is 2.21. The molecular formula is C21H34N2O6. The van der Waals surface area contributed by atoms with E-state index in [1.54, 1.807) is 26.4 Å². The fraction of sp³-hybridized carbons (Fsp3) is 0.667. The van der Waals surface area contributed by atoms with Crippen LogP contribution >= 0.6 is 0 Å². The molecule has 1 amide bonds. The van der Waals surface area contributed by atoms with Gasteiger partial charge < -0.3 is 23.7 Å². The van der Waals surface area contributed by atoms with Crippen LogP contribution in [0.2, 0.25) is 0 Å². The van der Waals surface area contributed by atoms with E-state index in [1.807, 2.05) is 26.8 Å². The zero-order chi connectivity index (χ0) is 21.3. The van der Waals surface area contributed by atoms with E-state index in [9.17, 15) is 4.79 Å². The Morgan fingerprint density at radius 3 is 2.55 bits per heavy atom. The zero-order valence-corrected chi connectivity index (χ0v) is 18.2. The number of nitrogens with one attached hydrogen (secondary N) is 1. The lowest BCUT2D eigenvalue weighted by Crippen LogP contribution is -2.37. The second-order valence-corrected chi connectivity index (χ2v) is 7.85. The largest absolute Gasteiger partial charge is 0.493 e. The fourth-order valence-electron chi connectivity index (χ4n) is 2.93. The molecule has 0 spiro atoms. The standard InChI is InChI=1S/C21H34N2O6/c1-21(2,3)29-20(24)22-16-13-17(25-4)15-19(18(14-16)26-5)28-10-6-7-23-8-11-27-12-9-23/h13-15,17H,6-12H2,1-5H3,(H,22,24). The molecule has 1 N–H and O–H groups in total. The van der Waals surface area contributed by atoms with Crippen molar-refractivity contribution in [3.63, 3.8) is 0 Å². The van der Waals surface area contributed by atoms with Crippen LogP contribution in [0.25, 0.3) is 0 Å². The molecule has 1 fully saturated rings. The maximum atomic E-state index is 12.1. The van der Waals surface area contributed by atoms with Crippen molar-refractivity contribution < 1.29 is 28.5 Å². The SMILES string of the molecule is COC1=CC(NC(=O)OC(C)(C)C)=CC(OC)C=C1OCCCN1CCOCC1. The number of allylic oxidation sites excluding steroid dienone is 1. The van der Waals surface area contributed by atoms with Gasteiger partial charge >= 0.3 is 6.09 Å². The topological polar surface area (TPSA) is 78.5 Å². The Morgan fingerprint density at radius 2 is 1.93 bits per heavy atom. The van der Waals surface area contributed by atoms with E-state index in [0.717, 1.165) is 39.3 Å². The Labute approximate surface area is 173 Å². The minimum atomic E-state index is -0.586. The van der Waals surface area contributed by atoms with Crippen molar-refractivity contribution in [2.45, 2.75) is 38.9 Å². The first-order valence-electron chi connectivity index (χ1n) is 9.96. The first kappa shape index (κ1) is 23.3. The normalized spacial score (nSPS) is 20.7. The van der Waals surface area contributed by atoms with Crippen LogP contribution in [0.5, 0.6) is 0 Å². The smallest absolute Gasteiger partial charge is 0.412 e. The van der Waals surface area contributed by atoms with Gasteiger partial charge in [-0.25, -0.2) is 4.79 Å². The first-order chi connectivity index (χ1) is 13.8. The Hall–Kier alpha value is -2.03. The zero-order valence-electron chi connectivity index (χ0n) is 18.2. The van der Waals surface area contributed by atoms with Crippen LogP contribution < -0.4 is 5.32 Å². The second-order valence-electron chi connectivity index (χ2n) is 7.85. The minimum absolute atomic E-state index is 0.377. The molecule has 1 heterocycles. The molecule has 0 aromatic rings. The van der Waals surface area contributed by atoms with Crippen molar-refractivity contribution >= 4 is 6.09 Å². The van der Waals surface area contributed by atoms with Crippen molar-refractivity contribution in [2.24, 2.45) is 0 Å². The van der Waals surface area contributed by atoms with Gasteiger partial charge in [0.1, 0.15) is 5.60 Å². The van der Waals surface area contributed by atoms with Gasteiger partial charge in [0.15, 0.2) is 11.5 Å². The summed E-state index contributed by atoms with van der Waals surface area (Å²) >= 11 is 0. The van der Waals surface area contributed by atoms with Crippen molar-refractivity contribution in [1.29, 1.82) is 0 Å². The van der Waals surface area contributed by atoms with E-state index in [1.165, 1.54) is 0 Å². The van der Waals surface area contributed by atoms with Crippen LogP contribution in [-0.4, -0.2) is 76.4 Å². The van der Waals surface area contributed by atoms with E-state index in [-0.39, 0.29) is 6.10 Å². The summed E-state index contributed by atoms with van der Waals surface area (Å²) < 4.78 is 27.6. The van der Waals surface area contributed by atoms with Gasteiger partial charge in [0.25, 0.3) is 0 Å². The summed E-state index contributed by atoms with van der Waals surface area (Å²) in [6.45, 7) is 10.4. The third-order valence-corrected chi connectivity index (χ3v) is 4.31. The van der Waals surface area contributed by atoms with E-state index in [0.29, 0.717) is 23.8 Å². The predicted octanol–water partition coefficient (Wildman–Crippen LogP) is 2.58. The Balaban J connectivity index is 1.96. The van der Waals surface area contributed by atoms with Gasteiger partial charge in [-0.2, -0.15) is 0 Å². The highest BCUT2D eigenvalue weighted by Crippen LogP contribution is 2.21. The van der Waals surface area contributed by atoms with Crippen LogP contribution in [0.4, 0.5) is 4.79 Å². The Kier molecular flexibility index (Phi) is 9.00. The van der Waals surface area contributed by atoms with Gasteiger partial charge in [0.05, 0.1) is 33.0 Å². The number of morpholine rings is 1. The number of nitrogens with zero attached hydrogens (tertiary/aromatic N) is 1. The summed E-state index contributed by atoms with van der Waals surface area (Å²) in [5, 5.41) is 2.73. The molecule has 2 rings (SSSR count). The Bertz CT molecular complexity index is 630. The summed E-state index contributed by atoms with van der Waals surface area (Å²) in [6, 6.07) is 0. The molecule has 8 nitrogen and oxygen atoms in total. The maximum Gasteiger partial charge on any atom is 0.412 e. The van der Waals surface area contributed by atoms with Gasteiger partial charge in [0, 0.05) is 38.5 Å². The van der Waals surface area contributed by atoms with Gasteiger partial charge in [-0.05, 0) is 39.3 Å². The molecule has 1 atom stereocenters. The summed E-state index contributed by atoms with van der Waals surface area (Å²) in [5.74, 6) is 1.09. The lowest BCUT2D eigenvalue weighted by atomic mass is 10.2. The number of hydrogen-bond acceptors (Lipinski definition) is 7. The van der Waals surface area contributed by atoms with Gasteiger partial charge in [0.2, 0.25) is 0 Å². The molecule has 29 heavy (non-hydrogen) atoms. The summed E-state index contributed by atoms with van der Waals surface area (Å²) in [4.78, 5) is 14.5. The molecule has 1 saturated heterocycles.